The molecule has 1 rings (SSSR count). The minimum Gasteiger partial charge on any atom is -0.397 e. The number of nitro groups is 1. The Morgan fingerprint density at radius 3 is 2.16 bits per heavy atom. The fraction of sp³-hybridized carbons (Fsp3) is 0.375. The van der Waals surface area contributed by atoms with Gasteiger partial charge in [-0.25, -0.2) is 0 Å². The van der Waals surface area contributed by atoms with Gasteiger partial charge in [0.1, 0.15) is 0 Å². The highest BCUT2D eigenvalue weighted by atomic mass is 19.4. The first-order valence-corrected chi connectivity index (χ1v) is 4.40. The van der Waals surface area contributed by atoms with E-state index in [1.165, 1.54) is 0 Å². The van der Waals surface area contributed by atoms with Crippen LogP contribution in [-0.2, 0) is 6.18 Å². The van der Waals surface area contributed by atoms with Gasteiger partial charge in [-0.3, -0.25) is 15.1 Å². The molecule has 0 N–H and O–H groups in total. The minimum atomic E-state index is -5.37. The van der Waals surface area contributed by atoms with Crippen LogP contribution in [0.25, 0.3) is 0 Å². The molecule has 0 bridgehead atoms. The van der Waals surface area contributed by atoms with E-state index >= 15 is 0 Å². The predicted octanol–water partition coefficient (Wildman–Crippen LogP) is 3.22. The summed E-state index contributed by atoms with van der Waals surface area (Å²) in [4.78, 5) is 12.0. The summed E-state index contributed by atoms with van der Waals surface area (Å²) in [5, 5.41) is 10.6. The Hall–Kier alpha value is -2.07. The second-order valence-electron chi connectivity index (χ2n) is 3.23. The third-order valence-corrected chi connectivity index (χ3v) is 1.90. The molecule has 11 heteroatoms. The Balaban J connectivity index is 3.55. The molecular formula is C8H4F6N2O3. The van der Waals surface area contributed by atoms with Gasteiger partial charge in [-0.1, -0.05) is 0 Å². The van der Waals surface area contributed by atoms with Gasteiger partial charge in [0.2, 0.25) is 5.75 Å². The van der Waals surface area contributed by atoms with Crippen molar-refractivity contribution in [3.05, 3.63) is 27.6 Å². The molecule has 106 valence electrons. The van der Waals surface area contributed by atoms with E-state index in [-0.39, 0.29) is 6.20 Å². The number of rotatable bonds is 2. The van der Waals surface area contributed by atoms with Crippen LogP contribution in [0.15, 0.2) is 6.20 Å². The zero-order valence-corrected chi connectivity index (χ0v) is 8.96. The van der Waals surface area contributed by atoms with Crippen LogP contribution in [0.2, 0.25) is 0 Å². The molecule has 1 aromatic rings. The minimum absolute atomic E-state index is 0.218. The number of aromatic nitrogens is 1. The quantitative estimate of drug-likeness (QED) is 0.476. The lowest BCUT2D eigenvalue weighted by Gasteiger charge is -2.14. The molecule has 1 aromatic heterocycles. The highest BCUT2D eigenvalue weighted by Gasteiger charge is 2.45. The van der Waals surface area contributed by atoms with Crippen molar-refractivity contribution in [1.29, 1.82) is 0 Å². The number of nitrogens with zero attached hydrogens (tertiary/aromatic N) is 2. The average Bonchev–Trinajstić information content (AvgIpc) is 2.15. The lowest BCUT2D eigenvalue weighted by molar-refractivity contribution is -0.392. The maximum absolute atomic E-state index is 12.6. The van der Waals surface area contributed by atoms with Gasteiger partial charge < -0.3 is 4.74 Å². The molecule has 0 amide bonds. The lowest BCUT2D eigenvalue weighted by Crippen LogP contribution is -2.20. The number of aryl methyl sites for hydroxylation is 1. The van der Waals surface area contributed by atoms with E-state index in [2.05, 4.69) is 9.72 Å². The van der Waals surface area contributed by atoms with Gasteiger partial charge in [-0.2, -0.15) is 13.2 Å². The molecule has 0 spiro atoms. The molecule has 5 nitrogen and oxygen atoms in total. The van der Waals surface area contributed by atoms with Gasteiger partial charge in [-0.05, 0) is 6.92 Å². The molecule has 0 radical (unpaired) electrons. The summed E-state index contributed by atoms with van der Waals surface area (Å²) in [6.07, 6.45) is -10.4. The summed E-state index contributed by atoms with van der Waals surface area (Å²) in [5.41, 5.74) is -4.52. The van der Waals surface area contributed by atoms with Gasteiger partial charge in [0.25, 0.3) is 0 Å². The molecular weight excluding hydrogens is 286 g/mol. The van der Waals surface area contributed by atoms with Crippen LogP contribution < -0.4 is 4.74 Å². The Morgan fingerprint density at radius 2 is 1.79 bits per heavy atom. The number of ether oxygens (including phenoxy) is 1. The van der Waals surface area contributed by atoms with E-state index in [0.29, 0.717) is 0 Å². The van der Waals surface area contributed by atoms with Crippen molar-refractivity contribution in [2.75, 3.05) is 0 Å². The molecule has 0 aliphatic heterocycles. The van der Waals surface area contributed by atoms with E-state index in [1.54, 1.807) is 0 Å². The number of hydrogen-bond acceptors (Lipinski definition) is 4. The van der Waals surface area contributed by atoms with E-state index in [9.17, 15) is 36.5 Å². The maximum Gasteiger partial charge on any atom is 0.573 e. The lowest BCUT2D eigenvalue weighted by atomic mass is 10.1. The van der Waals surface area contributed by atoms with Crippen molar-refractivity contribution in [2.45, 2.75) is 19.5 Å². The second kappa shape index (κ2) is 4.55. The monoisotopic (exact) mass is 290 g/mol. The Bertz CT molecular complexity index is 510. The molecule has 19 heavy (non-hydrogen) atoms. The van der Waals surface area contributed by atoms with Crippen molar-refractivity contribution >= 4 is 5.69 Å². The normalized spacial score (nSPS) is 12.4. The van der Waals surface area contributed by atoms with Gasteiger partial charge in [-0.15, -0.1) is 13.2 Å². The highest BCUT2D eigenvalue weighted by molar-refractivity contribution is 5.54. The first-order chi connectivity index (χ1) is 8.43. The zero-order chi connectivity index (χ0) is 15.0. The molecule has 0 unspecified atom stereocenters. The standard InChI is InChI=1S/C8H4F6N2O3/c1-3-5(7(9,10)11)6(16(17)18)4(2-15-3)19-8(12,13)14/h2H,1H3. The van der Waals surface area contributed by atoms with Crippen LogP contribution in [0.3, 0.4) is 0 Å². The number of alkyl halides is 6. The SMILES string of the molecule is Cc1ncc(OC(F)(F)F)c([N+](=O)[O-])c1C(F)(F)F. The molecule has 0 saturated heterocycles. The van der Waals surface area contributed by atoms with E-state index in [4.69, 9.17) is 0 Å². The van der Waals surface area contributed by atoms with Crippen molar-refractivity contribution < 1.29 is 36.0 Å². The van der Waals surface area contributed by atoms with E-state index in [1.807, 2.05) is 0 Å². The van der Waals surface area contributed by atoms with Crippen molar-refractivity contribution in [2.24, 2.45) is 0 Å². The molecule has 0 saturated carbocycles. The maximum atomic E-state index is 12.6. The smallest absolute Gasteiger partial charge is 0.397 e. The largest absolute Gasteiger partial charge is 0.573 e. The topological polar surface area (TPSA) is 65.3 Å². The third-order valence-electron chi connectivity index (χ3n) is 1.90. The first kappa shape index (κ1) is 15.0. The van der Waals surface area contributed by atoms with Crippen molar-refractivity contribution in [1.82, 2.24) is 4.98 Å². The van der Waals surface area contributed by atoms with Gasteiger partial charge in [0.05, 0.1) is 16.8 Å². The van der Waals surface area contributed by atoms with Gasteiger partial charge in [0, 0.05) is 0 Å². The Kier molecular flexibility index (Phi) is 3.59. The Morgan fingerprint density at radius 1 is 1.26 bits per heavy atom. The van der Waals surface area contributed by atoms with Crippen LogP contribution in [-0.4, -0.2) is 16.3 Å². The molecule has 0 aliphatic carbocycles. The summed E-state index contributed by atoms with van der Waals surface area (Å²) in [7, 11) is 0. The first-order valence-electron chi connectivity index (χ1n) is 4.40. The van der Waals surface area contributed by atoms with Crippen LogP contribution in [0.5, 0.6) is 5.75 Å². The molecule has 0 fully saturated rings. The van der Waals surface area contributed by atoms with Crippen molar-refractivity contribution in [3.63, 3.8) is 0 Å². The highest BCUT2D eigenvalue weighted by Crippen LogP contribution is 2.43. The van der Waals surface area contributed by atoms with Gasteiger partial charge in [0.15, 0.2) is 5.56 Å². The third kappa shape index (κ3) is 3.45. The zero-order valence-electron chi connectivity index (χ0n) is 8.96. The average molecular weight is 290 g/mol. The fourth-order valence-corrected chi connectivity index (χ4v) is 1.30. The second-order valence-corrected chi connectivity index (χ2v) is 3.23. The number of pyridine rings is 1. The molecule has 0 aliphatic rings. The van der Waals surface area contributed by atoms with Crippen molar-refractivity contribution in [3.8, 4) is 5.75 Å². The fourth-order valence-electron chi connectivity index (χ4n) is 1.30. The summed E-state index contributed by atoms with van der Waals surface area (Å²) in [6.45, 7) is 0.785. The van der Waals surface area contributed by atoms with E-state index < -0.39 is 40.2 Å². The summed E-state index contributed by atoms with van der Waals surface area (Å²) in [6, 6.07) is 0. The molecule has 1 heterocycles. The van der Waals surface area contributed by atoms with Crippen LogP contribution in [0.1, 0.15) is 11.3 Å². The number of halogens is 6. The van der Waals surface area contributed by atoms with E-state index in [0.717, 1.165) is 6.92 Å². The van der Waals surface area contributed by atoms with Crippen LogP contribution in [0, 0.1) is 17.0 Å². The molecule has 0 aromatic carbocycles. The molecule has 0 atom stereocenters. The summed E-state index contributed by atoms with van der Waals surface area (Å²) in [5.74, 6) is -1.62. The summed E-state index contributed by atoms with van der Waals surface area (Å²) < 4.78 is 76.9. The predicted molar refractivity (Wildman–Crippen MR) is 47.3 cm³/mol. The van der Waals surface area contributed by atoms with Gasteiger partial charge >= 0.3 is 18.2 Å². The van der Waals surface area contributed by atoms with Crippen LogP contribution in [0.4, 0.5) is 32.0 Å². The summed E-state index contributed by atoms with van der Waals surface area (Å²) >= 11 is 0. The Labute approximate surface area is 101 Å². The number of hydrogen-bond donors (Lipinski definition) is 0. The van der Waals surface area contributed by atoms with Crippen LogP contribution >= 0.6 is 0 Å².